The summed E-state index contributed by atoms with van der Waals surface area (Å²) in [6, 6.07) is 5.42. The largest absolute Gasteiger partial charge is 0.496 e. The Balaban J connectivity index is 2.70. The van der Waals surface area contributed by atoms with E-state index in [0.29, 0.717) is 29.7 Å². The zero-order chi connectivity index (χ0) is 10.1. The molecule has 70 valence electrons. The Labute approximate surface area is 81.9 Å². The summed E-state index contributed by atoms with van der Waals surface area (Å²) in [5.74, 6) is 0.764. The van der Waals surface area contributed by atoms with Gasteiger partial charge in [0.25, 0.3) is 0 Å². The maximum Gasteiger partial charge on any atom is 0.164 e. The third-order valence-corrected chi connectivity index (χ3v) is 2.49. The summed E-state index contributed by atoms with van der Waals surface area (Å²) in [4.78, 5) is 11.5. The van der Waals surface area contributed by atoms with Crippen molar-refractivity contribution in [3.63, 3.8) is 0 Å². The number of carbonyl (C=O) groups is 1. The average molecular weight is 187 g/mol. The molecule has 0 amide bonds. The molecule has 1 aliphatic rings. The van der Waals surface area contributed by atoms with E-state index >= 15 is 0 Å². The Hall–Kier alpha value is -1.82. The molecule has 1 aromatic rings. The molecular formula is C11H9NO2. The Morgan fingerprint density at radius 3 is 2.86 bits per heavy atom. The van der Waals surface area contributed by atoms with Crippen LogP contribution in [-0.4, -0.2) is 12.9 Å². The number of benzene rings is 1. The first kappa shape index (κ1) is 8.76. The van der Waals surface area contributed by atoms with Crippen LogP contribution in [0.5, 0.6) is 5.75 Å². The fourth-order valence-electron chi connectivity index (χ4n) is 1.84. The maximum absolute atomic E-state index is 11.5. The highest BCUT2D eigenvalue weighted by molar-refractivity contribution is 6.03. The molecule has 2 rings (SSSR count). The summed E-state index contributed by atoms with van der Waals surface area (Å²) in [6.45, 7) is 0. The lowest BCUT2D eigenvalue weighted by atomic mass is 10.0. The summed E-state index contributed by atoms with van der Waals surface area (Å²) in [5.41, 5.74) is 1.91. The van der Waals surface area contributed by atoms with Gasteiger partial charge in [0.1, 0.15) is 5.75 Å². The fourth-order valence-corrected chi connectivity index (χ4v) is 1.84. The van der Waals surface area contributed by atoms with Gasteiger partial charge >= 0.3 is 0 Å². The number of hydrogen-bond acceptors (Lipinski definition) is 3. The second kappa shape index (κ2) is 3.15. The van der Waals surface area contributed by atoms with Gasteiger partial charge in [0.15, 0.2) is 5.78 Å². The first-order valence-electron chi connectivity index (χ1n) is 4.41. The third-order valence-electron chi connectivity index (χ3n) is 2.49. The zero-order valence-corrected chi connectivity index (χ0v) is 7.83. The van der Waals surface area contributed by atoms with Crippen LogP contribution in [0.25, 0.3) is 0 Å². The SMILES string of the molecule is COc1ccc(C#N)c2c1CCC2=O. The van der Waals surface area contributed by atoms with E-state index < -0.39 is 0 Å². The van der Waals surface area contributed by atoms with Crippen molar-refractivity contribution in [2.24, 2.45) is 0 Å². The molecule has 3 nitrogen and oxygen atoms in total. The lowest BCUT2D eigenvalue weighted by Crippen LogP contribution is -1.98. The summed E-state index contributed by atoms with van der Waals surface area (Å²) in [5, 5.41) is 8.84. The van der Waals surface area contributed by atoms with Gasteiger partial charge in [-0.1, -0.05) is 0 Å². The van der Waals surface area contributed by atoms with E-state index in [2.05, 4.69) is 0 Å². The molecule has 0 N–H and O–H groups in total. The Morgan fingerprint density at radius 1 is 1.43 bits per heavy atom. The van der Waals surface area contributed by atoms with E-state index in [1.54, 1.807) is 19.2 Å². The van der Waals surface area contributed by atoms with Crippen molar-refractivity contribution in [3.05, 3.63) is 28.8 Å². The molecule has 0 fully saturated rings. The first-order chi connectivity index (χ1) is 6.77. The smallest absolute Gasteiger partial charge is 0.164 e. The molecule has 0 atom stereocenters. The van der Waals surface area contributed by atoms with E-state index in [1.807, 2.05) is 6.07 Å². The van der Waals surface area contributed by atoms with E-state index in [9.17, 15) is 4.79 Å². The van der Waals surface area contributed by atoms with Crippen LogP contribution < -0.4 is 4.74 Å². The number of ether oxygens (including phenoxy) is 1. The van der Waals surface area contributed by atoms with Crippen LogP contribution in [-0.2, 0) is 6.42 Å². The molecule has 0 saturated heterocycles. The van der Waals surface area contributed by atoms with Crippen molar-refractivity contribution >= 4 is 5.78 Å². The number of rotatable bonds is 1. The van der Waals surface area contributed by atoms with Gasteiger partial charge in [0.2, 0.25) is 0 Å². The number of carbonyl (C=O) groups excluding carboxylic acids is 1. The van der Waals surface area contributed by atoms with Crippen molar-refractivity contribution in [1.29, 1.82) is 5.26 Å². The predicted molar refractivity (Wildman–Crippen MR) is 50.4 cm³/mol. The van der Waals surface area contributed by atoms with Gasteiger partial charge in [0, 0.05) is 17.5 Å². The van der Waals surface area contributed by atoms with Crippen molar-refractivity contribution in [1.82, 2.24) is 0 Å². The van der Waals surface area contributed by atoms with Gasteiger partial charge in [-0.25, -0.2) is 0 Å². The van der Waals surface area contributed by atoms with E-state index in [0.717, 1.165) is 5.56 Å². The van der Waals surface area contributed by atoms with Crippen LogP contribution in [0.2, 0.25) is 0 Å². The molecule has 0 radical (unpaired) electrons. The lowest BCUT2D eigenvalue weighted by molar-refractivity contribution is 0.0994. The predicted octanol–water partition coefficient (Wildman–Crippen LogP) is 1.70. The maximum atomic E-state index is 11.5. The highest BCUT2D eigenvalue weighted by Gasteiger charge is 2.25. The van der Waals surface area contributed by atoms with E-state index in [4.69, 9.17) is 10.00 Å². The number of nitriles is 1. The van der Waals surface area contributed by atoms with Gasteiger partial charge in [-0.3, -0.25) is 4.79 Å². The number of fused-ring (bicyclic) bond motifs is 1. The first-order valence-corrected chi connectivity index (χ1v) is 4.41. The lowest BCUT2D eigenvalue weighted by Gasteiger charge is -2.06. The van der Waals surface area contributed by atoms with E-state index in [-0.39, 0.29) is 5.78 Å². The summed E-state index contributed by atoms with van der Waals surface area (Å²) < 4.78 is 5.14. The molecule has 0 spiro atoms. The van der Waals surface area contributed by atoms with Crippen LogP contribution in [0.3, 0.4) is 0 Å². The molecular weight excluding hydrogens is 178 g/mol. The Morgan fingerprint density at radius 2 is 2.21 bits per heavy atom. The summed E-state index contributed by atoms with van der Waals surface area (Å²) >= 11 is 0. The van der Waals surface area contributed by atoms with Crippen LogP contribution in [0.4, 0.5) is 0 Å². The van der Waals surface area contributed by atoms with Gasteiger partial charge < -0.3 is 4.74 Å². The molecule has 0 aromatic heterocycles. The number of ketones is 1. The standard InChI is InChI=1S/C11H9NO2/c1-14-10-5-2-7(6-12)11-8(10)3-4-9(11)13/h2,5H,3-4H2,1H3. The van der Waals surface area contributed by atoms with E-state index in [1.165, 1.54) is 0 Å². The van der Waals surface area contributed by atoms with Crippen molar-refractivity contribution in [3.8, 4) is 11.8 Å². The quantitative estimate of drug-likeness (QED) is 0.672. The monoisotopic (exact) mass is 187 g/mol. The van der Waals surface area contributed by atoms with Gasteiger partial charge in [-0.15, -0.1) is 0 Å². The molecule has 1 aliphatic carbocycles. The van der Waals surface area contributed by atoms with Crippen molar-refractivity contribution in [2.75, 3.05) is 7.11 Å². The van der Waals surface area contributed by atoms with Crippen LogP contribution in [0, 0.1) is 11.3 Å². The number of Topliss-reactive ketones (excluding diaryl/α,β-unsaturated/α-hetero) is 1. The summed E-state index contributed by atoms with van der Waals surface area (Å²) in [6.07, 6.45) is 1.18. The van der Waals surface area contributed by atoms with Crippen LogP contribution in [0.15, 0.2) is 12.1 Å². The second-order valence-corrected chi connectivity index (χ2v) is 3.20. The molecule has 0 heterocycles. The zero-order valence-electron chi connectivity index (χ0n) is 7.83. The minimum atomic E-state index is 0.0513. The summed E-state index contributed by atoms with van der Waals surface area (Å²) in [7, 11) is 1.57. The third kappa shape index (κ3) is 1.08. The minimum absolute atomic E-state index is 0.0513. The molecule has 0 unspecified atom stereocenters. The highest BCUT2D eigenvalue weighted by atomic mass is 16.5. The fraction of sp³-hybridized carbons (Fsp3) is 0.273. The van der Waals surface area contributed by atoms with Crippen molar-refractivity contribution < 1.29 is 9.53 Å². The Bertz CT molecular complexity index is 443. The second-order valence-electron chi connectivity index (χ2n) is 3.20. The number of hydrogen-bond donors (Lipinski definition) is 0. The number of methoxy groups -OCH3 is 1. The molecule has 14 heavy (non-hydrogen) atoms. The minimum Gasteiger partial charge on any atom is -0.496 e. The molecule has 0 bridgehead atoms. The van der Waals surface area contributed by atoms with Gasteiger partial charge in [-0.05, 0) is 18.6 Å². The van der Waals surface area contributed by atoms with Crippen LogP contribution in [0.1, 0.15) is 27.9 Å². The molecule has 0 saturated carbocycles. The highest BCUT2D eigenvalue weighted by Crippen LogP contribution is 2.32. The normalized spacial score (nSPS) is 13.6. The van der Waals surface area contributed by atoms with Crippen LogP contribution >= 0.6 is 0 Å². The van der Waals surface area contributed by atoms with Gasteiger partial charge in [-0.2, -0.15) is 5.26 Å². The molecule has 3 heteroatoms. The topological polar surface area (TPSA) is 50.1 Å². The average Bonchev–Trinajstić information content (AvgIpc) is 2.60. The molecule has 0 aliphatic heterocycles. The number of nitrogens with zero attached hydrogens (tertiary/aromatic N) is 1. The Kier molecular flexibility index (Phi) is 1.97. The van der Waals surface area contributed by atoms with Crippen molar-refractivity contribution in [2.45, 2.75) is 12.8 Å². The van der Waals surface area contributed by atoms with Gasteiger partial charge in [0.05, 0.1) is 18.7 Å². The molecule has 1 aromatic carbocycles.